The van der Waals surface area contributed by atoms with E-state index in [1.807, 2.05) is 41.8 Å². The van der Waals surface area contributed by atoms with Gasteiger partial charge in [-0.1, -0.05) is 23.7 Å². The highest BCUT2D eigenvalue weighted by Crippen LogP contribution is 2.15. The summed E-state index contributed by atoms with van der Waals surface area (Å²) in [4.78, 5) is 20.5. The number of nitrogens with zero attached hydrogens (tertiary/aromatic N) is 2. The third-order valence-corrected chi connectivity index (χ3v) is 4.67. The average molecular weight is 388 g/mol. The van der Waals surface area contributed by atoms with Crippen molar-refractivity contribution in [2.24, 2.45) is 0 Å². The minimum Gasteiger partial charge on any atom is -0.485 e. The first-order chi connectivity index (χ1) is 12.7. The van der Waals surface area contributed by atoms with Crippen LogP contribution in [0.4, 0.5) is 0 Å². The van der Waals surface area contributed by atoms with Crippen LogP contribution >= 0.6 is 22.9 Å². The highest BCUT2D eigenvalue weighted by Gasteiger charge is 2.08. The van der Waals surface area contributed by atoms with Crippen molar-refractivity contribution in [1.29, 1.82) is 0 Å². The van der Waals surface area contributed by atoms with E-state index in [-0.39, 0.29) is 12.3 Å². The van der Waals surface area contributed by atoms with Gasteiger partial charge in [-0.3, -0.25) is 9.78 Å². The molecule has 0 saturated carbocycles. The van der Waals surface area contributed by atoms with Crippen LogP contribution in [0.1, 0.15) is 16.3 Å². The van der Waals surface area contributed by atoms with Crippen LogP contribution in [-0.4, -0.2) is 22.4 Å². The van der Waals surface area contributed by atoms with E-state index in [0.29, 0.717) is 23.9 Å². The molecule has 1 aromatic carbocycles. The number of rotatable bonds is 8. The average Bonchev–Trinajstić information content (AvgIpc) is 3.08. The van der Waals surface area contributed by atoms with Crippen LogP contribution in [0, 0.1) is 0 Å². The Morgan fingerprint density at radius 3 is 3.00 bits per heavy atom. The number of ether oxygens (including phenoxy) is 1. The van der Waals surface area contributed by atoms with Crippen LogP contribution in [0.3, 0.4) is 0 Å². The van der Waals surface area contributed by atoms with E-state index in [0.717, 1.165) is 22.7 Å². The quantitative estimate of drug-likeness (QED) is 0.640. The summed E-state index contributed by atoms with van der Waals surface area (Å²) in [6.07, 6.45) is 4.35. The number of thiazole rings is 1. The standard InChI is InChI=1S/C19H18ClN3O2S/c20-15-4-1-3-14(9-15)6-8-22-18(24)10-16-13-26-19(23-16)12-25-17-5-2-7-21-11-17/h1-5,7,9,11,13H,6,8,10,12H2,(H,22,24). The zero-order valence-corrected chi connectivity index (χ0v) is 15.6. The van der Waals surface area contributed by atoms with Gasteiger partial charge in [0.15, 0.2) is 0 Å². The van der Waals surface area contributed by atoms with E-state index in [1.165, 1.54) is 11.3 Å². The molecule has 0 aliphatic rings. The Labute approximate surface area is 161 Å². The van der Waals surface area contributed by atoms with Crippen LogP contribution in [0.5, 0.6) is 5.75 Å². The molecule has 0 aliphatic carbocycles. The van der Waals surface area contributed by atoms with E-state index in [1.54, 1.807) is 12.4 Å². The number of hydrogen-bond acceptors (Lipinski definition) is 5. The van der Waals surface area contributed by atoms with Crippen LogP contribution < -0.4 is 10.1 Å². The minimum absolute atomic E-state index is 0.0444. The molecule has 2 heterocycles. The van der Waals surface area contributed by atoms with Gasteiger partial charge in [0.1, 0.15) is 17.4 Å². The molecule has 0 unspecified atom stereocenters. The second kappa shape index (κ2) is 9.31. The molecule has 5 nitrogen and oxygen atoms in total. The predicted molar refractivity (Wildman–Crippen MR) is 103 cm³/mol. The van der Waals surface area contributed by atoms with Gasteiger partial charge < -0.3 is 10.1 Å². The second-order valence-electron chi connectivity index (χ2n) is 5.62. The maximum Gasteiger partial charge on any atom is 0.226 e. The Bertz CT molecular complexity index is 855. The highest BCUT2D eigenvalue weighted by molar-refractivity contribution is 7.09. The molecule has 3 aromatic rings. The van der Waals surface area contributed by atoms with Gasteiger partial charge in [-0.15, -0.1) is 11.3 Å². The van der Waals surface area contributed by atoms with Crippen molar-refractivity contribution in [3.8, 4) is 5.75 Å². The fourth-order valence-electron chi connectivity index (χ4n) is 2.34. The Morgan fingerprint density at radius 2 is 2.19 bits per heavy atom. The number of hydrogen-bond donors (Lipinski definition) is 1. The van der Waals surface area contributed by atoms with Gasteiger partial charge >= 0.3 is 0 Å². The molecule has 0 bridgehead atoms. The Kier molecular flexibility index (Phi) is 6.57. The molecule has 7 heteroatoms. The van der Waals surface area contributed by atoms with Crippen molar-refractivity contribution in [3.05, 3.63) is 75.5 Å². The molecule has 0 saturated heterocycles. The van der Waals surface area contributed by atoms with E-state index in [2.05, 4.69) is 15.3 Å². The summed E-state index contributed by atoms with van der Waals surface area (Å²) in [5.74, 6) is 0.653. The third kappa shape index (κ3) is 5.82. The number of amides is 1. The fourth-order valence-corrected chi connectivity index (χ4v) is 3.26. The smallest absolute Gasteiger partial charge is 0.226 e. The molecule has 1 amide bonds. The monoisotopic (exact) mass is 387 g/mol. The number of benzene rings is 1. The van der Waals surface area contributed by atoms with E-state index in [4.69, 9.17) is 16.3 Å². The first-order valence-electron chi connectivity index (χ1n) is 8.16. The zero-order valence-electron chi connectivity index (χ0n) is 14.0. The topological polar surface area (TPSA) is 64.1 Å². The molecule has 26 heavy (non-hydrogen) atoms. The maximum absolute atomic E-state index is 12.0. The highest BCUT2D eigenvalue weighted by atomic mass is 35.5. The largest absolute Gasteiger partial charge is 0.485 e. The van der Waals surface area contributed by atoms with Crippen LogP contribution in [0.2, 0.25) is 5.02 Å². The van der Waals surface area contributed by atoms with E-state index >= 15 is 0 Å². The molecule has 0 spiro atoms. The van der Waals surface area contributed by atoms with Crippen LogP contribution in [0.15, 0.2) is 54.2 Å². The minimum atomic E-state index is -0.0444. The van der Waals surface area contributed by atoms with Gasteiger partial charge in [0.05, 0.1) is 18.3 Å². The van der Waals surface area contributed by atoms with Gasteiger partial charge in [0.25, 0.3) is 0 Å². The number of pyridine rings is 1. The van der Waals surface area contributed by atoms with Gasteiger partial charge in [-0.2, -0.15) is 0 Å². The number of nitrogens with one attached hydrogen (secondary N) is 1. The molecule has 0 radical (unpaired) electrons. The summed E-state index contributed by atoms with van der Waals surface area (Å²) >= 11 is 7.43. The van der Waals surface area contributed by atoms with Crippen molar-refractivity contribution < 1.29 is 9.53 Å². The summed E-state index contributed by atoms with van der Waals surface area (Å²) in [6, 6.07) is 11.3. The Balaban J connectivity index is 1.41. The molecule has 1 N–H and O–H groups in total. The molecular formula is C19H18ClN3O2S. The first-order valence-corrected chi connectivity index (χ1v) is 9.42. The summed E-state index contributed by atoms with van der Waals surface area (Å²) in [7, 11) is 0. The van der Waals surface area contributed by atoms with Crippen LogP contribution in [-0.2, 0) is 24.2 Å². The van der Waals surface area contributed by atoms with E-state index in [9.17, 15) is 4.79 Å². The van der Waals surface area contributed by atoms with Gasteiger partial charge in [-0.25, -0.2) is 4.98 Å². The number of aromatic nitrogens is 2. The molecule has 0 atom stereocenters. The lowest BCUT2D eigenvalue weighted by Gasteiger charge is -2.05. The molecule has 134 valence electrons. The summed E-state index contributed by atoms with van der Waals surface area (Å²) < 4.78 is 5.61. The maximum atomic E-state index is 12.0. The normalized spacial score (nSPS) is 10.5. The number of carbonyl (C=O) groups excluding carboxylic acids is 1. The summed E-state index contributed by atoms with van der Waals surface area (Å²) in [6.45, 7) is 0.938. The predicted octanol–water partition coefficient (Wildman–Crippen LogP) is 3.67. The lowest BCUT2D eigenvalue weighted by atomic mass is 10.1. The SMILES string of the molecule is O=C(Cc1csc(COc2cccnc2)n1)NCCc1cccc(Cl)c1. The van der Waals surface area contributed by atoms with Gasteiger partial charge in [0, 0.05) is 23.1 Å². The lowest BCUT2D eigenvalue weighted by Crippen LogP contribution is -2.27. The molecule has 3 rings (SSSR count). The van der Waals surface area contributed by atoms with Crippen LogP contribution in [0.25, 0.3) is 0 Å². The van der Waals surface area contributed by atoms with Gasteiger partial charge in [0.2, 0.25) is 5.91 Å². The Hall–Kier alpha value is -2.44. The van der Waals surface area contributed by atoms with Crippen molar-refractivity contribution in [1.82, 2.24) is 15.3 Å². The molecular weight excluding hydrogens is 370 g/mol. The van der Waals surface area contributed by atoms with Crippen molar-refractivity contribution >= 4 is 28.8 Å². The first kappa shape index (κ1) is 18.4. The van der Waals surface area contributed by atoms with E-state index < -0.39 is 0 Å². The fraction of sp³-hybridized carbons (Fsp3) is 0.211. The van der Waals surface area contributed by atoms with Crippen molar-refractivity contribution in [2.45, 2.75) is 19.4 Å². The summed E-state index contributed by atoms with van der Waals surface area (Å²) in [5.41, 5.74) is 1.85. The lowest BCUT2D eigenvalue weighted by molar-refractivity contribution is -0.120. The van der Waals surface area contributed by atoms with Crippen molar-refractivity contribution in [3.63, 3.8) is 0 Å². The molecule has 0 aliphatic heterocycles. The second-order valence-corrected chi connectivity index (χ2v) is 7.00. The van der Waals surface area contributed by atoms with Crippen molar-refractivity contribution in [2.75, 3.05) is 6.54 Å². The zero-order chi connectivity index (χ0) is 18.2. The third-order valence-electron chi connectivity index (χ3n) is 3.56. The Morgan fingerprint density at radius 1 is 1.27 bits per heavy atom. The molecule has 2 aromatic heterocycles. The number of carbonyl (C=O) groups is 1. The number of halogens is 1. The summed E-state index contributed by atoms with van der Waals surface area (Å²) in [5, 5.41) is 6.33. The van der Waals surface area contributed by atoms with Gasteiger partial charge in [-0.05, 0) is 36.2 Å². The molecule has 0 fully saturated rings.